The third-order valence-corrected chi connectivity index (χ3v) is 8.84. The van der Waals surface area contributed by atoms with Crippen LogP contribution in [0.3, 0.4) is 0 Å². The Morgan fingerprint density at radius 1 is 1.07 bits per heavy atom. The second-order valence-corrected chi connectivity index (χ2v) is 11.4. The molecule has 10 heteroatoms. The van der Waals surface area contributed by atoms with E-state index in [1.165, 1.54) is 0 Å². The predicted octanol–water partition coefficient (Wildman–Crippen LogP) is 4.70. The van der Waals surface area contributed by atoms with Gasteiger partial charge in [-0.3, -0.25) is 9.69 Å². The molecule has 0 bridgehead atoms. The maximum Gasteiger partial charge on any atom is 0.410 e. The van der Waals surface area contributed by atoms with Crippen molar-refractivity contribution in [2.45, 2.75) is 51.4 Å². The summed E-state index contributed by atoms with van der Waals surface area (Å²) in [6.45, 7) is 3.59. The van der Waals surface area contributed by atoms with E-state index in [1.807, 2.05) is 47.1 Å². The highest BCUT2D eigenvalue weighted by Gasteiger charge is 2.52. The summed E-state index contributed by atoms with van der Waals surface area (Å²) >= 11 is 0. The van der Waals surface area contributed by atoms with Crippen LogP contribution in [0.1, 0.15) is 56.0 Å². The Kier molecular flexibility index (Phi) is 6.96. The fraction of sp³-hybridized carbons (Fsp3) is 0.484. The van der Waals surface area contributed by atoms with E-state index in [-0.39, 0.29) is 24.8 Å². The number of benzene rings is 1. The van der Waals surface area contributed by atoms with E-state index in [2.05, 4.69) is 6.08 Å². The molecule has 4 aliphatic rings. The number of pyridine rings is 1. The highest BCUT2D eigenvalue weighted by Crippen LogP contribution is 2.43. The van der Waals surface area contributed by atoms with Crippen LogP contribution in [0.5, 0.6) is 0 Å². The molecule has 214 valence electrons. The third-order valence-electron chi connectivity index (χ3n) is 8.84. The van der Waals surface area contributed by atoms with E-state index in [1.54, 1.807) is 9.80 Å². The van der Waals surface area contributed by atoms with E-state index < -0.39 is 5.41 Å². The Morgan fingerprint density at radius 3 is 2.76 bits per heavy atom. The van der Waals surface area contributed by atoms with Gasteiger partial charge >= 0.3 is 6.09 Å². The molecule has 3 aromatic rings. The number of carbonyl (C=O) groups excluding carboxylic acids is 2. The van der Waals surface area contributed by atoms with Crippen molar-refractivity contribution in [1.82, 2.24) is 19.7 Å². The summed E-state index contributed by atoms with van der Waals surface area (Å²) in [5, 5.41) is 5.01. The minimum absolute atomic E-state index is 0.0255. The minimum atomic E-state index is -0.603. The van der Waals surface area contributed by atoms with Crippen molar-refractivity contribution in [1.29, 1.82) is 0 Å². The number of likely N-dealkylation sites (tertiary alicyclic amines) is 1. The second kappa shape index (κ2) is 10.9. The van der Waals surface area contributed by atoms with Crippen molar-refractivity contribution in [3.63, 3.8) is 0 Å². The number of aromatic nitrogens is 3. The summed E-state index contributed by atoms with van der Waals surface area (Å²) in [7, 11) is 0. The van der Waals surface area contributed by atoms with E-state index in [0.717, 1.165) is 60.2 Å². The van der Waals surface area contributed by atoms with Gasteiger partial charge in [0, 0.05) is 26.2 Å². The first-order chi connectivity index (χ1) is 20.1. The molecule has 0 radical (unpaired) electrons. The Labute approximate surface area is 238 Å². The van der Waals surface area contributed by atoms with Gasteiger partial charge in [0.2, 0.25) is 5.91 Å². The van der Waals surface area contributed by atoms with Crippen LogP contribution in [-0.2, 0) is 25.6 Å². The maximum absolute atomic E-state index is 13.9. The molecule has 2 amide bonds. The van der Waals surface area contributed by atoms with E-state index in [0.29, 0.717) is 51.5 Å². The van der Waals surface area contributed by atoms with E-state index in [9.17, 15) is 9.59 Å². The maximum atomic E-state index is 13.9. The van der Waals surface area contributed by atoms with Crippen LogP contribution >= 0.6 is 0 Å². The molecule has 0 N–H and O–H groups in total. The first kappa shape index (κ1) is 26.2. The molecule has 1 spiro atoms. The fourth-order valence-corrected chi connectivity index (χ4v) is 6.51. The predicted molar refractivity (Wildman–Crippen MR) is 152 cm³/mol. The van der Waals surface area contributed by atoms with Crippen molar-refractivity contribution in [3.8, 4) is 0 Å². The van der Waals surface area contributed by atoms with Gasteiger partial charge in [-0.25, -0.2) is 14.5 Å². The van der Waals surface area contributed by atoms with Crippen molar-refractivity contribution in [3.05, 3.63) is 59.8 Å². The van der Waals surface area contributed by atoms with Crippen LogP contribution in [0.2, 0.25) is 0 Å². The Bertz CT molecular complexity index is 1480. The number of anilines is 1. The molecule has 7 rings (SSSR count). The summed E-state index contributed by atoms with van der Waals surface area (Å²) in [5.74, 6) is 0.653. The molecule has 6 heterocycles. The molecule has 1 unspecified atom stereocenters. The molecule has 10 nitrogen and oxygen atoms in total. The van der Waals surface area contributed by atoms with Crippen LogP contribution in [0.15, 0.2) is 48.5 Å². The van der Waals surface area contributed by atoms with Gasteiger partial charge < -0.3 is 19.1 Å². The zero-order valence-electron chi connectivity index (χ0n) is 23.2. The Morgan fingerprint density at radius 2 is 1.95 bits per heavy atom. The van der Waals surface area contributed by atoms with E-state index >= 15 is 0 Å². The quantitative estimate of drug-likeness (QED) is 0.448. The van der Waals surface area contributed by atoms with Gasteiger partial charge in [-0.15, -0.1) is 0 Å². The molecular formula is C31H35N5O5. The zero-order chi connectivity index (χ0) is 27.8. The summed E-state index contributed by atoms with van der Waals surface area (Å²) in [6.07, 6.45) is 6.74. The number of hydrogen-bond acceptors (Lipinski definition) is 7. The molecular weight excluding hydrogens is 522 g/mol. The van der Waals surface area contributed by atoms with Crippen molar-refractivity contribution in [2.24, 2.45) is 5.41 Å². The SMILES string of the molecule is O=C(OCc1ccccc1)N1CC[C@]2(CCN(c3ccc4c(n3)c(C3=CCOCC3)nn4C3CCCCO3)C2=O)C1. The van der Waals surface area contributed by atoms with E-state index in [4.69, 9.17) is 24.3 Å². The van der Waals surface area contributed by atoms with Gasteiger partial charge in [0.05, 0.1) is 24.1 Å². The van der Waals surface area contributed by atoms with Crippen molar-refractivity contribution >= 4 is 34.4 Å². The van der Waals surface area contributed by atoms with Crippen LogP contribution in [0.25, 0.3) is 16.6 Å². The van der Waals surface area contributed by atoms with Crippen LogP contribution in [-0.4, -0.2) is 71.1 Å². The average Bonchev–Trinajstić information content (AvgIpc) is 3.73. The molecule has 2 atom stereocenters. The van der Waals surface area contributed by atoms with Gasteiger partial charge in [0.1, 0.15) is 23.6 Å². The fourth-order valence-electron chi connectivity index (χ4n) is 6.51. The molecule has 3 saturated heterocycles. The smallest absolute Gasteiger partial charge is 0.410 e. The average molecular weight is 558 g/mol. The number of nitrogens with zero attached hydrogens (tertiary/aromatic N) is 5. The lowest BCUT2D eigenvalue weighted by molar-refractivity contribution is -0.124. The van der Waals surface area contributed by atoms with Crippen molar-refractivity contribution in [2.75, 3.05) is 44.4 Å². The highest BCUT2D eigenvalue weighted by molar-refractivity contribution is 6.01. The summed E-state index contributed by atoms with van der Waals surface area (Å²) in [6, 6.07) is 13.6. The normalized spacial score (nSPS) is 24.8. The monoisotopic (exact) mass is 557 g/mol. The number of hydrogen-bond donors (Lipinski definition) is 0. The second-order valence-electron chi connectivity index (χ2n) is 11.4. The number of rotatable bonds is 5. The molecule has 2 aromatic heterocycles. The first-order valence-corrected chi connectivity index (χ1v) is 14.7. The van der Waals surface area contributed by atoms with Gasteiger partial charge in [-0.2, -0.15) is 5.10 Å². The molecule has 41 heavy (non-hydrogen) atoms. The number of amides is 2. The summed E-state index contributed by atoms with van der Waals surface area (Å²) in [5.41, 5.74) is 4.00. The van der Waals surface area contributed by atoms with Gasteiger partial charge in [0.15, 0.2) is 6.23 Å². The third kappa shape index (κ3) is 4.89. The molecule has 1 aromatic carbocycles. The van der Waals surface area contributed by atoms with Gasteiger partial charge in [0.25, 0.3) is 0 Å². The topological polar surface area (TPSA) is 99.0 Å². The van der Waals surface area contributed by atoms with Crippen molar-refractivity contribution < 1.29 is 23.8 Å². The van der Waals surface area contributed by atoms with Crippen LogP contribution in [0.4, 0.5) is 10.6 Å². The lowest BCUT2D eigenvalue weighted by atomic mass is 9.85. The molecule has 3 fully saturated rings. The summed E-state index contributed by atoms with van der Waals surface area (Å²) < 4.78 is 19.1. The lowest BCUT2D eigenvalue weighted by Crippen LogP contribution is -2.38. The van der Waals surface area contributed by atoms with Gasteiger partial charge in [-0.05, 0) is 61.8 Å². The highest BCUT2D eigenvalue weighted by atomic mass is 16.6. The van der Waals surface area contributed by atoms with Gasteiger partial charge in [-0.1, -0.05) is 36.4 Å². The summed E-state index contributed by atoms with van der Waals surface area (Å²) in [4.78, 5) is 35.2. The standard InChI is InChI=1S/C31H35N5O5/c37-29-31(13-15-34(21-31)30(38)41-20-22-6-2-1-3-7-22)14-16-35(29)25-10-9-24-28(32-25)27(23-11-18-39-19-12-23)33-36(24)26-8-4-5-17-40-26/h1-3,6-7,9-11,26H,4-5,8,12-21H2/t26?,31-/m0/s1. The largest absolute Gasteiger partial charge is 0.445 e. The minimum Gasteiger partial charge on any atom is -0.445 e. The molecule has 0 saturated carbocycles. The number of fused-ring (bicyclic) bond motifs is 1. The molecule has 0 aliphatic carbocycles. The van der Waals surface area contributed by atoms with Crippen LogP contribution in [0, 0.1) is 5.41 Å². The number of carbonyl (C=O) groups is 2. The molecule has 4 aliphatic heterocycles. The van der Waals surface area contributed by atoms with Crippen LogP contribution < -0.4 is 4.90 Å². The zero-order valence-corrected chi connectivity index (χ0v) is 23.2. The number of ether oxygens (including phenoxy) is 3. The lowest BCUT2D eigenvalue weighted by Gasteiger charge is -2.24. The first-order valence-electron chi connectivity index (χ1n) is 14.7. The Hall–Kier alpha value is -3.76. The Balaban J connectivity index is 1.12.